The standard InChI is InChI=1S/C16H17ClF3N3O/c1-10-21-13-8-11(16(18,19)20)2-3-14(13)23(10)12-4-6-22(7-5-12)15(24)9-17/h2-3,8,12H,4-7,9H2,1H3. The van der Waals surface area contributed by atoms with Crippen molar-refractivity contribution in [2.24, 2.45) is 0 Å². The van der Waals surface area contributed by atoms with Gasteiger partial charge in [-0.05, 0) is 38.0 Å². The third kappa shape index (κ3) is 3.09. The summed E-state index contributed by atoms with van der Waals surface area (Å²) < 4.78 is 40.5. The zero-order chi connectivity index (χ0) is 17.5. The van der Waals surface area contributed by atoms with Crippen molar-refractivity contribution in [3.8, 4) is 0 Å². The Bertz CT molecular complexity index is 764. The van der Waals surface area contributed by atoms with Gasteiger partial charge in [0.25, 0.3) is 0 Å². The molecule has 0 saturated carbocycles. The highest BCUT2D eigenvalue weighted by molar-refractivity contribution is 6.27. The second-order valence-electron chi connectivity index (χ2n) is 5.98. The molecule has 0 bridgehead atoms. The number of imidazole rings is 1. The number of nitrogens with zero attached hydrogens (tertiary/aromatic N) is 3. The molecule has 0 radical (unpaired) electrons. The van der Waals surface area contributed by atoms with Gasteiger partial charge < -0.3 is 9.47 Å². The summed E-state index contributed by atoms with van der Waals surface area (Å²) in [7, 11) is 0. The zero-order valence-electron chi connectivity index (χ0n) is 13.1. The van der Waals surface area contributed by atoms with Crippen LogP contribution in [0.15, 0.2) is 18.2 Å². The minimum Gasteiger partial charge on any atom is -0.342 e. The fourth-order valence-electron chi connectivity index (χ4n) is 3.31. The molecular formula is C16H17ClF3N3O. The number of carbonyl (C=O) groups excluding carboxylic acids is 1. The van der Waals surface area contributed by atoms with Gasteiger partial charge in [0.05, 0.1) is 16.6 Å². The number of likely N-dealkylation sites (tertiary alicyclic amines) is 1. The van der Waals surface area contributed by atoms with Crippen LogP contribution in [0, 0.1) is 6.92 Å². The highest BCUT2D eigenvalue weighted by Gasteiger charge is 2.31. The van der Waals surface area contributed by atoms with E-state index in [0.29, 0.717) is 29.9 Å². The van der Waals surface area contributed by atoms with Gasteiger partial charge in [-0.1, -0.05) is 0 Å². The van der Waals surface area contributed by atoms with E-state index in [1.165, 1.54) is 6.07 Å². The summed E-state index contributed by atoms with van der Waals surface area (Å²) in [5, 5.41) is 0. The minimum absolute atomic E-state index is 0.0298. The van der Waals surface area contributed by atoms with Crippen LogP contribution in [0.5, 0.6) is 0 Å². The van der Waals surface area contributed by atoms with Crippen molar-refractivity contribution in [3.63, 3.8) is 0 Å². The van der Waals surface area contributed by atoms with Crippen molar-refractivity contribution in [2.45, 2.75) is 32.0 Å². The lowest BCUT2D eigenvalue weighted by molar-refractivity contribution is -0.137. The van der Waals surface area contributed by atoms with Gasteiger partial charge in [-0.15, -0.1) is 11.6 Å². The SMILES string of the molecule is Cc1nc2cc(C(F)(F)F)ccc2n1C1CCN(C(=O)CCl)CC1. The summed E-state index contributed by atoms with van der Waals surface area (Å²) in [6.07, 6.45) is -2.91. The molecule has 2 aromatic rings. The van der Waals surface area contributed by atoms with E-state index in [1.807, 2.05) is 4.57 Å². The van der Waals surface area contributed by atoms with Gasteiger partial charge in [0.2, 0.25) is 5.91 Å². The Morgan fingerprint density at radius 1 is 1.33 bits per heavy atom. The summed E-state index contributed by atoms with van der Waals surface area (Å²) >= 11 is 5.58. The third-order valence-corrected chi connectivity index (χ3v) is 4.72. The first-order chi connectivity index (χ1) is 11.3. The number of benzene rings is 1. The predicted molar refractivity (Wildman–Crippen MR) is 85.0 cm³/mol. The topological polar surface area (TPSA) is 38.1 Å². The van der Waals surface area contributed by atoms with Gasteiger partial charge >= 0.3 is 6.18 Å². The highest BCUT2D eigenvalue weighted by Crippen LogP contribution is 2.34. The normalized spacial score (nSPS) is 16.8. The number of piperidine rings is 1. The number of fused-ring (bicyclic) bond motifs is 1. The smallest absolute Gasteiger partial charge is 0.342 e. The number of alkyl halides is 4. The molecule has 24 heavy (non-hydrogen) atoms. The number of amides is 1. The fourth-order valence-corrected chi connectivity index (χ4v) is 3.48. The van der Waals surface area contributed by atoms with Gasteiger partial charge in [0.15, 0.2) is 0 Å². The van der Waals surface area contributed by atoms with E-state index >= 15 is 0 Å². The number of aryl methyl sites for hydroxylation is 1. The molecule has 0 atom stereocenters. The van der Waals surface area contributed by atoms with Crippen molar-refractivity contribution in [1.29, 1.82) is 0 Å². The van der Waals surface area contributed by atoms with Crippen LogP contribution in [0.3, 0.4) is 0 Å². The summed E-state index contributed by atoms with van der Waals surface area (Å²) in [4.78, 5) is 17.7. The summed E-state index contributed by atoms with van der Waals surface area (Å²) in [6, 6.07) is 3.78. The molecule has 3 rings (SSSR count). The first-order valence-electron chi connectivity index (χ1n) is 7.71. The van der Waals surface area contributed by atoms with Crippen LogP contribution in [-0.4, -0.2) is 39.3 Å². The number of hydrogen-bond acceptors (Lipinski definition) is 2. The van der Waals surface area contributed by atoms with Crippen molar-refractivity contribution < 1.29 is 18.0 Å². The molecule has 1 aromatic heterocycles. The van der Waals surface area contributed by atoms with Crippen LogP contribution in [0.25, 0.3) is 11.0 Å². The zero-order valence-corrected chi connectivity index (χ0v) is 13.9. The average molecular weight is 360 g/mol. The van der Waals surface area contributed by atoms with E-state index in [1.54, 1.807) is 11.8 Å². The molecule has 1 aromatic carbocycles. The third-order valence-electron chi connectivity index (χ3n) is 4.49. The first-order valence-corrected chi connectivity index (χ1v) is 8.24. The molecule has 4 nitrogen and oxygen atoms in total. The predicted octanol–water partition coefficient (Wildman–Crippen LogP) is 3.77. The van der Waals surface area contributed by atoms with E-state index in [2.05, 4.69) is 4.98 Å². The van der Waals surface area contributed by atoms with Crippen LogP contribution in [0.2, 0.25) is 0 Å². The van der Waals surface area contributed by atoms with E-state index in [0.717, 1.165) is 25.0 Å². The molecular weight excluding hydrogens is 343 g/mol. The van der Waals surface area contributed by atoms with Gasteiger partial charge in [-0.3, -0.25) is 4.79 Å². The quantitative estimate of drug-likeness (QED) is 0.766. The fraction of sp³-hybridized carbons (Fsp3) is 0.500. The maximum atomic E-state index is 12.8. The van der Waals surface area contributed by atoms with Crippen molar-refractivity contribution in [3.05, 3.63) is 29.6 Å². The van der Waals surface area contributed by atoms with Crippen LogP contribution >= 0.6 is 11.6 Å². The van der Waals surface area contributed by atoms with Gasteiger partial charge in [0.1, 0.15) is 11.7 Å². The van der Waals surface area contributed by atoms with Gasteiger partial charge in [0, 0.05) is 19.1 Å². The second kappa shape index (κ2) is 6.27. The molecule has 1 aliphatic rings. The Labute approximate surface area is 142 Å². The lowest BCUT2D eigenvalue weighted by atomic mass is 10.0. The number of halogens is 4. The molecule has 1 aliphatic heterocycles. The van der Waals surface area contributed by atoms with E-state index in [-0.39, 0.29) is 17.8 Å². The lowest BCUT2D eigenvalue weighted by Crippen LogP contribution is -2.39. The van der Waals surface area contributed by atoms with E-state index < -0.39 is 11.7 Å². The molecule has 0 N–H and O–H groups in total. The summed E-state index contributed by atoms with van der Waals surface area (Å²) in [5.41, 5.74) is 0.353. The van der Waals surface area contributed by atoms with Gasteiger partial charge in [-0.2, -0.15) is 13.2 Å². The first kappa shape index (κ1) is 17.1. The Morgan fingerprint density at radius 3 is 2.58 bits per heavy atom. The van der Waals surface area contributed by atoms with Crippen LogP contribution in [0.1, 0.15) is 30.3 Å². The van der Waals surface area contributed by atoms with Crippen LogP contribution in [0.4, 0.5) is 13.2 Å². The molecule has 2 heterocycles. The second-order valence-corrected chi connectivity index (χ2v) is 6.24. The average Bonchev–Trinajstić information content (AvgIpc) is 2.88. The Hall–Kier alpha value is -1.76. The maximum Gasteiger partial charge on any atom is 0.416 e. The summed E-state index contributed by atoms with van der Waals surface area (Å²) in [5.74, 6) is 0.571. The highest BCUT2D eigenvalue weighted by atomic mass is 35.5. The number of hydrogen-bond donors (Lipinski definition) is 0. The Balaban J connectivity index is 1.88. The molecule has 0 unspecified atom stereocenters. The lowest BCUT2D eigenvalue weighted by Gasteiger charge is -2.33. The minimum atomic E-state index is -4.38. The number of carbonyl (C=O) groups is 1. The Morgan fingerprint density at radius 2 is 2.00 bits per heavy atom. The molecule has 1 amide bonds. The van der Waals surface area contributed by atoms with Crippen molar-refractivity contribution >= 4 is 28.5 Å². The Kier molecular flexibility index (Phi) is 4.46. The molecule has 8 heteroatoms. The van der Waals surface area contributed by atoms with Crippen LogP contribution < -0.4 is 0 Å². The monoisotopic (exact) mass is 359 g/mol. The molecule has 1 saturated heterocycles. The number of rotatable bonds is 2. The van der Waals surface area contributed by atoms with Crippen molar-refractivity contribution in [2.75, 3.05) is 19.0 Å². The maximum absolute atomic E-state index is 12.8. The molecule has 1 fully saturated rings. The van der Waals surface area contributed by atoms with E-state index in [9.17, 15) is 18.0 Å². The van der Waals surface area contributed by atoms with Gasteiger partial charge in [-0.25, -0.2) is 4.98 Å². The largest absolute Gasteiger partial charge is 0.416 e. The molecule has 0 spiro atoms. The number of aromatic nitrogens is 2. The summed E-state index contributed by atoms with van der Waals surface area (Å²) in [6.45, 7) is 2.98. The van der Waals surface area contributed by atoms with E-state index in [4.69, 9.17) is 11.6 Å². The van der Waals surface area contributed by atoms with Crippen molar-refractivity contribution in [1.82, 2.24) is 14.5 Å². The van der Waals surface area contributed by atoms with Crippen LogP contribution in [-0.2, 0) is 11.0 Å². The molecule has 0 aliphatic carbocycles. The molecule has 130 valence electrons.